The van der Waals surface area contributed by atoms with E-state index in [1.165, 1.54) is 0 Å². The van der Waals surface area contributed by atoms with Crippen LogP contribution < -0.4 is 5.32 Å². The number of pyridine rings is 1. The molecule has 2 aromatic heterocycles. The number of carbonyl (C=O) groups excluding carboxylic acids is 1. The molecule has 0 saturated heterocycles. The Balaban J connectivity index is 1.70. The molecule has 20 heavy (non-hydrogen) atoms. The number of aryl methyl sites for hydroxylation is 1. The van der Waals surface area contributed by atoms with E-state index in [1.807, 2.05) is 18.2 Å². The summed E-state index contributed by atoms with van der Waals surface area (Å²) in [7, 11) is 0. The molecular formula is C15H17N3O2. The number of carbonyl (C=O) groups is 1. The molecule has 1 aliphatic rings. The van der Waals surface area contributed by atoms with Crippen molar-refractivity contribution in [3.63, 3.8) is 0 Å². The molecule has 0 aromatic carbocycles. The van der Waals surface area contributed by atoms with Gasteiger partial charge in [-0.2, -0.15) is 0 Å². The van der Waals surface area contributed by atoms with Crippen LogP contribution in [0.2, 0.25) is 0 Å². The molecule has 104 valence electrons. The summed E-state index contributed by atoms with van der Waals surface area (Å²) in [6, 6.07) is 5.62. The van der Waals surface area contributed by atoms with Gasteiger partial charge in [-0.05, 0) is 30.9 Å². The maximum absolute atomic E-state index is 12.2. The molecule has 1 aliphatic carbocycles. The van der Waals surface area contributed by atoms with Crippen LogP contribution in [0.15, 0.2) is 28.9 Å². The molecule has 0 aliphatic heterocycles. The fourth-order valence-corrected chi connectivity index (χ4v) is 2.51. The van der Waals surface area contributed by atoms with Gasteiger partial charge in [0.25, 0.3) is 5.91 Å². The Bertz CT molecular complexity index is 607. The average Bonchev–Trinajstić information content (AvgIpc) is 2.89. The van der Waals surface area contributed by atoms with E-state index in [0.717, 1.165) is 36.3 Å². The SMILES string of the molecule is C[C@H]1CCc2onc(C(=O)NCc3ccccn3)c2C1. The monoisotopic (exact) mass is 271 g/mol. The minimum Gasteiger partial charge on any atom is -0.360 e. The predicted molar refractivity (Wildman–Crippen MR) is 73.1 cm³/mol. The molecule has 2 aromatic rings. The Morgan fingerprint density at radius 1 is 1.50 bits per heavy atom. The van der Waals surface area contributed by atoms with Gasteiger partial charge >= 0.3 is 0 Å². The van der Waals surface area contributed by atoms with Crippen molar-refractivity contribution >= 4 is 5.91 Å². The Morgan fingerprint density at radius 2 is 2.40 bits per heavy atom. The van der Waals surface area contributed by atoms with Crippen molar-refractivity contribution in [3.8, 4) is 0 Å². The Labute approximate surface area is 117 Å². The Morgan fingerprint density at radius 3 is 3.20 bits per heavy atom. The number of hydrogen-bond acceptors (Lipinski definition) is 4. The maximum atomic E-state index is 12.2. The van der Waals surface area contributed by atoms with Gasteiger partial charge in [0.05, 0.1) is 12.2 Å². The van der Waals surface area contributed by atoms with Gasteiger partial charge in [-0.15, -0.1) is 0 Å². The van der Waals surface area contributed by atoms with E-state index in [-0.39, 0.29) is 5.91 Å². The highest BCUT2D eigenvalue weighted by atomic mass is 16.5. The first-order chi connectivity index (χ1) is 9.74. The highest BCUT2D eigenvalue weighted by Crippen LogP contribution is 2.27. The summed E-state index contributed by atoms with van der Waals surface area (Å²) in [5.74, 6) is 1.25. The van der Waals surface area contributed by atoms with Crippen molar-refractivity contribution in [2.75, 3.05) is 0 Å². The summed E-state index contributed by atoms with van der Waals surface area (Å²) in [6.45, 7) is 2.59. The molecule has 2 heterocycles. The summed E-state index contributed by atoms with van der Waals surface area (Å²) < 4.78 is 5.28. The third-order valence-corrected chi connectivity index (χ3v) is 3.66. The number of hydrogen-bond donors (Lipinski definition) is 1. The van der Waals surface area contributed by atoms with Crippen molar-refractivity contribution in [1.29, 1.82) is 0 Å². The smallest absolute Gasteiger partial charge is 0.274 e. The van der Waals surface area contributed by atoms with Crippen molar-refractivity contribution in [2.24, 2.45) is 5.92 Å². The first-order valence-corrected chi connectivity index (χ1v) is 6.89. The van der Waals surface area contributed by atoms with E-state index < -0.39 is 0 Å². The molecule has 3 rings (SSSR count). The van der Waals surface area contributed by atoms with Crippen LogP contribution in [0, 0.1) is 5.92 Å². The Hall–Kier alpha value is -2.17. The number of nitrogens with one attached hydrogen (secondary N) is 1. The van der Waals surface area contributed by atoms with Crippen LogP contribution in [0.1, 0.15) is 40.9 Å². The lowest BCUT2D eigenvalue weighted by molar-refractivity contribution is 0.0940. The molecule has 0 unspecified atom stereocenters. The van der Waals surface area contributed by atoms with Crippen LogP contribution in [-0.2, 0) is 19.4 Å². The molecule has 5 nitrogen and oxygen atoms in total. The summed E-state index contributed by atoms with van der Waals surface area (Å²) in [5, 5.41) is 6.78. The summed E-state index contributed by atoms with van der Waals surface area (Å²) in [5.41, 5.74) is 2.23. The van der Waals surface area contributed by atoms with Gasteiger partial charge < -0.3 is 9.84 Å². The second kappa shape index (κ2) is 5.45. The minimum atomic E-state index is -0.185. The van der Waals surface area contributed by atoms with Gasteiger partial charge in [-0.25, -0.2) is 0 Å². The number of fused-ring (bicyclic) bond motifs is 1. The third kappa shape index (κ3) is 2.57. The fraction of sp³-hybridized carbons (Fsp3) is 0.400. The van der Waals surface area contributed by atoms with Crippen LogP contribution in [0.4, 0.5) is 0 Å². The van der Waals surface area contributed by atoms with Crippen LogP contribution in [-0.4, -0.2) is 16.0 Å². The van der Waals surface area contributed by atoms with E-state index in [1.54, 1.807) is 6.20 Å². The summed E-state index contributed by atoms with van der Waals surface area (Å²) in [4.78, 5) is 16.4. The molecule has 0 radical (unpaired) electrons. The molecule has 1 N–H and O–H groups in total. The maximum Gasteiger partial charge on any atom is 0.274 e. The standard InChI is InChI=1S/C15H17N3O2/c1-10-5-6-13-12(8-10)14(18-20-13)15(19)17-9-11-4-2-3-7-16-11/h2-4,7,10H,5-6,8-9H2,1H3,(H,17,19)/t10-/m0/s1. The molecular weight excluding hydrogens is 254 g/mol. The zero-order valence-electron chi connectivity index (χ0n) is 11.4. The van der Waals surface area contributed by atoms with Crippen LogP contribution >= 0.6 is 0 Å². The van der Waals surface area contributed by atoms with Crippen molar-refractivity contribution in [1.82, 2.24) is 15.5 Å². The first-order valence-electron chi connectivity index (χ1n) is 6.89. The zero-order valence-corrected chi connectivity index (χ0v) is 11.4. The summed E-state index contributed by atoms with van der Waals surface area (Å²) in [6.07, 6.45) is 4.54. The van der Waals surface area contributed by atoms with Gasteiger partial charge in [0.15, 0.2) is 5.69 Å². The van der Waals surface area contributed by atoms with Gasteiger partial charge in [-0.3, -0.25) is 9.78 Å². The van der Waals surface area contributed by atoms with Gasteiger partial charge in [0.2, 0.25) is 0 Å². The second-order valence-electron chi connectivity index (χ2n) is 5.28. The fourth-order valence-electron chi connectivity index (χ4n) is 2.51. The highest BCUT2D eigenvalue weighted by Gasteiger charge is 2.26. The number of amides is 1. The molecule has 1 atom stereocenters. The van der Waals surface area contributed by atoms with Gasteiger partial charge in [0, 0.05) is 18.2 Å². The normalized spacial score (nSPS) is 17.6. The molecule has 0 fully saturated rings. The van der Waals surface area contributed by atoms with Crippen LogP contribution in [0.5, 0.6) is 0 Å². The molecule has 0 spiro atoms. The van der Waals surface area contributed by atoms with E-state index >= 15 is 0 Å². The van der Waals surface area contributed by atoms with E-state index in [9.17, 15) is 4.79 Å². The highest BCUT2D eigenvalue weighted by molar-refractivity contribution is 5.93. The van der Waals surface area contributed by atoms with Gasteiger partial charge in [0.1, 0.15) is 5.76 Å². The summed E-state index contributed by atoms with van der Waals surface area (Å²) >= 11 is 0. The van der Waals surface area contributed by atoms with Gasteiger partial charge in [-0.1, -0.05) is 18.1 Å². The number of aromatic nitrogens is 2. The quantitative estimate of drug-likeness (QED) is 0.928. The second-order valence-corrected chi connectivity index (χ2v) is 5.28. The van der Waals surface area contributed by atoms with E-state index in [4.69, 9.17) is 4.52 Å². The van der Waals surface area contributed by atoms with Crippen molar-refractivity contribution in [3.05, 3.63) is 47.1 Å². The number of rotatable bonds is 3. The van der Waals surface area contributed by atoms with Crippen molar-refractivity contribution < 1.29 is 9.32 Å². The lowest BCUT2D eigenvalue weighted by Gasteiger charge is -2.16. The third-order valence-electron chi connectivity index (χ3n) is 3.66. The van der Waals surface area contributed by atoms with Crippen molar-refractivity contribution in [2.45, 2.75) is 32.7 Å². The Kier molecular flexibility index (Phi) is 3.50. The lowest BCUT2D eigenvalue weighted by Crippen LogP contribution is -2.25. The largest absolute Gasteiger partial charge is 0.360 e. The number of nitrogens with zero attached hydrogens (tertiary/aromatic N) is 2. The zero-order chi connectivity index (χ0) is 13.9. The van der Waals surface area contributed by atoms with E-state index in [0.29, 0.717) is 18.2 Å². The average molecular weight is 271 g/mol. The molecule has 0 bridgehead atoms. The molecule has 5 heteroatoms. The first kappa shape index (κ1) is 12.8. The minimum absolute atomic E-state index is 0.185. The molecule has 0 saturated carbocycles. The molecule has 1 amide bonds. The van der Waals surface area contributed by atoms with Crippen LogP contribution in [0.25, 0.3) is 0 Å². The van der Waals surface area contributed by atoms with E-state index in [2.05, 4.69) is 22.4 Å². The lowest BCUT2D eigenvalue weighted by atomic mass is 9.88. The predicted octanol–water partition coefficient (Wildman–Crippen LogP) is 2.12. The van der Waals surface area contributed by atoms with Crippen LogP contribution in [0.3, 0.4) is 0 Å². The topological polar surface area (TPSA) is 68.0 Å².